The van der Waals surface area contributed by atoms with Gasteiger partial charge in [0.25, 0.3) is 5.91 Å². The highest BCUT2D eigenvalue weighted by Gasteiger charge is 2.18. The Labute approximate surface area is 175 Å². The predicted molar refractivity (Wildman–Crippen MR) is 117 cm³/mol. The Balaban J connectivity index is 1.52. The van der Waals surface area contributed by atoms with Crippen molar-refractivity contribution in [3.05, 3.63) is 96.3 Å². The molecule has 0 fully saturated rings. The van der Waals surface area contributed by atoms with Crippen LogP contribution >= 0.6 is 0 Å². The third-order valence-corrected chi connectivity index (χ3v) is 5.10. The van der Waals surface area contributed by atoms with Crippen molar-refractivity contribution >= 4 is 28.4 Å². The van der Waals surface area contributed by atoms with Gasteiger partial charge in [-0.1, -0.05) is 49.4 Å². The molecule has 1 amide bonds. The summed E-state index contributed by atoms with van der Waals surface area (Å²) >= 11 is 0. The maximum atomic E-state index is 12.7. The number of anilines is 1. The van der Waals surface area contributed by atoms with Crippen molar-refractivity contribution in [3.8, 4) is 0 Å². The number of aromatic nitrogens is 2. The van der Waals surface area contributed by atoms with Crippen LogP contribution in [0.2, 0.25) is 0 Å². The summed E-state index contributed by atoms with van der Waals surface area (Å²) in [6.07, 6.45) is 2.45. The number of ketones is 1. The average Bonchev–Trinajstić information content (AvgIpc) is 3.11. The van der Waals surface area contributed by atoms with E-state index in [0.717, 1.165) is 17.6 Å². The fourth-order valence-corrected chi connectivity index (χ4v) is 3.57. The lowest BCUT2D eigenvalue weighted by atomic mass is 10.1. The lowest BCUT2D eigenvalue weighted by molar-refractivity contribution is -0.663. The maximum Gasteiger partial charge on any atom is 0.266 e. The van der Waals surface area contributed by atoms with Gasteiger partial charge in [-0.25, -0.2) is 9.13 Å². The second kappa shape index (κ2) is 8.74. The fraction of sp³-hybridized carbons (Fsp3) is 0.160. The molecule has 0 aliphatic carbocycles. The molecule has 0 spiro atoms. The number of nitrogens with one attached hydrogen (secondary N) is 1. The molecule has 150 valence electrons. The van der Waals surface area contributed by atoms with Crippen molar-refractivity contribution in [2.24, 2.45) is 0 Å². The lowest BCUT2D eigenvalue weighted by Crippen LogP contribution is -2.33. The predicted octanol–water partition coefficient (Wildman–Crippen LogP) is 4.21. The molecule has 3 aromatic carbocycles. The first-order chi connectivity index (χ1) is 14.6. The zero-order valence-corrected chi connectivity index (χ0v) is 16.9. The van der Waals surface area contributed by atoms with Crippen LogP contribution in [0.25, 0.3) is 11.0 Å². The van der Waals surface area contributed by atoms with E-state index in [1.165, 1.54) is 5.56 Å². The minimum absolute atomic E-state index is 0.0923. The SMILES string of the molecule is CCC(=O)c1ccc(NC(=O)Cn2c[n+](Cc3ccccc3)c3ccccc32)cc1. The highest BCUT2D eigenvalue weighted by Crippen LogP contribution is 2.14. The number of benzene rings is 3. The topological polar surface area (TPSA) is 55.0 Å². The molecule has 1 heterocycles. The van der Waals surface area contributed by atoms with Crippen LogP contribution in [0.15, 0.2) is 85.2 Å². The summed E-state index contributed by atoms with van der Waals surface area (Å²) in [5.41, 5.74) is 4.63. The molecule has 1 N–H and O–H groups in total. The second-order valence-electron chi connectivity index (χ2n) is 7.25. The molecule has 0 atom stereocenters. The summed E-state index contributed by atoms with van der Waals surface area (Å²) in [5.74, 6) is -0.0214. The van der Waals surface area contributed by atoms with E-state index in [9.17, 15) is 9.59 Å². The van der Waals surface area contributed by atoms with Crippen molar-refractivity contribution in [1.82, 2.24) is 4.57 Å². The Morgan fingerprint density at radius 1 is 0.900 bits per heavy atom. The van der Waals surface area contributed by atoms with Gasteiger partial charge in [-0.15, -0.1) is 0 Å². The zero-order chi connectivity index (χ0) is 20.9. The van der Waals surface area contributed by atoms with Crippen LogP contribution < -0.4 is 9.88 Å². The van der Waals surface area contributed by atoms with Gasteiger partial charge < -0.3 is 5.32 Å². The summed E-state index contributed by atoms with van der Waals surface area (Å²) in [7, 11) is 0. The Hall–Kier alpha value is -3.73. The molecule has 4 rings (SSSR count). The van der Waals surface area contributed by atoms with E-state index >= 15 is 0 Å². The normalized spacial score (nSPS) is 10.8. The van der Waals surface area contributed by atoms with E-state index in [2.05, 4.69) is 28.1 Å². The standard InChI is InChI=1S/C25H23N3O2/c1-2-24(29)20-12-14-21(15-13-20)26-25(30)17-28-18-27(16-19-8-4-3-5-9-19)22-10-6-7-11-23(22)28/h3-15,18H,2,16-17H2,1H3/p+1. The third-order valence-electron chi connectivity index (χ3n) is 5.10. The van der Waals surface area contributed by atoms with Gasteiger partial charge in [0.05, 0.1) is 0 Å². The van der Waals surface area contributed by atoms with Crippen LogP contribution in [-0.4, -0.2) is 16.3 Å². The van der Waals surface area contributed by atoms with E-state index in [0.29, 0.717) is 17.7 Å². The number of imidazole rings is 1. The first-order valence-electron chi connectivity index (χ1n) is 10.1. The number of carbonyl (C=O) groups excluding carboxylic acids is 2. The van der Waals surface area contributed by atoms with E-state index in [-0.39, 0.29) is 18.2 Å². The highest BCUT2D eigenvalue weighted by atomic mass is 16.2. The van der Waals surface area contributed by atoms with Crippen molar-refractivity contribution in [1.29, 1.82) is 0 Å². The van der Waals surface area contributed by atoms with E-state index in [1.54, 1.807) is 24.3 Å². The van der Waals surface area contributed by atoms with Gasteiger partial charge in [0, 0.05) is 17.7 Å². The highest BCUT2D eigenvalue weighted by molar-refractivity contribution is 5.97. The number of amides is 1. The molecule has 0 aliphatic heterocycles. The van der Waals surface area contributed by atoms with E-state index < -0.39 is 0 Å². The minimum atomic E-state index is -0.114. The molecular weight excluding hydrogens is 374 g/mol. The van der Waals surface area contributed by atoms with Crippen molar-refractivity contribution in [2.45, 2.75) is 26.4 Å². The number of para-hydroxylation sites is 2. The lowest BCUT2D eigenvalue weighted by Gasteiger charge is -2.05. The fourth-order valence-electron chi connectivity index (χ4n) is 3.57. The largest absolute Gasteiger partial charge is 0.323 e. The molecule has 0 radical (unpaired) electrons. The van der Waals surface area contributed by atoms with Gasteiger partial charge in [0.1, 0.15) is 6.54 Å². The van der Waals surface area contributed by atoms with E-state index in [1.807, 2.05) is 54.2 Å². The molecule has 0 unspecified atom stereocenters. The van der Waals surface area contributed by atoms with Crippen molar-refractivity contribution < 1.29 is 14.2 Å². The molecular formula is C25H24N3O2+. The number of hydrogen-bond acceptors (Lipinski definition) is 2. The molecule has 0 aliphatic rings. The number of Topliss-reactive ketones (excluding diaryl/α,β-unsaturated/α-hetero) is 1. The first kappa shape index (κ1) is 19.6. The number of hydrogen-bond donors (Lipinski definition) is 1. The van der Waals surface area contributed by atoms with Gasteiger partial charge in [-0.05, 0) is 42.0 Å². The number of fused-ring (bicyclic) bond motifs is 1. The molecule has 0 saturated carbocycles. The van der Waals surface area contributed by atoms with Crippen LogP contribution in [0.5, 0.6) is 0 Å². The quantitative estimate of drug-likeness (QED) is 0.375. The maximum absolute atomic E-state index is 12.7. The van der Waals surface area contributed by atoms with Gasteiger partial charge >= 0.3 is 0 Å². The summed E-state index contributed by atoms with van der Waals surface area (Å²) in [5, 5.41) is 2.92. The third kappa shape index (κ3) is 4.30. The smallest absolute Gasteiger partial charge is 0.266 e. The zero-order valence-electron chi connectivity index (χ0n) is 16.9. The number of nitrogens with zero attached hydrogens (tertiary/aromatic N) is 2. The molecule has 30 heavy (non-hydrogen) atoms. The molecule has 0 saturated heterocycles. The van der Waals surface area contributed by atoms with Crippen molar-refractivity contribution in [3.63, 3.8) is 0 Å². The monoisotopic (exact) mass is 398 g/mol. The Morgan fingerprint density at radius 2 is 1.60 bits per heavy atom. The molecule has 0 bridgehead atoms. The van der Waals surface area contributed by atoms with Gasteiger partial charge in [-0.2, -0.15) is 0 Å². The first-order valence-corrected chi connectivity index (χ1v) is 10.1. The van der Waals surface area contributed by atoms with E-state index in [4.69, 9.17) is 0 Å². The van der Waals surface area contributed by atoms with Crippen LogP contribution in [-0.2, 0) is 17.9 Å². The van der Waals surface area contributed by atoms with Crippen LogP contribution in [0, 0.1) is 0 Å². The van der Waals surface area contributed by atoms with Gasteiger partial charge in [-0.3, -0.25) is 9.59 Å². The molecule has 5 nitrogen and oxygen atoms in total. The average molecular weight is 398 g/mol. The minimum Gasteiger partial charge on any atom is -0.323 e. The Bertz CT molecular complexity index is 1180. The van der Waals surface area contributed by atoms with Gasteiger partial charge in [0.2, 0.25) is 6.33 Å². The number of carbonyl (C=O) groups is 2. The van der Waals surface area contributed by atoms with Crippen LogP contribution in [0.3, 0.4) is 0 Å². The Morgan fingerprint density at radius 3 is 2.33 bits per heavy atom. The number of rotatable bonds is 7. The van der Waals surface area contributed by atoms with Crippen molar-refractivity contribution in [2.75, 3.05) is 5.32 Å². The summed E-state index contributed by atoms with van der Waals surface area (Å²) in [4.78, 5) is 24.4. The molecule has 5 heteroatoms. The summed E-state index contributed by atoms with van der Waals surface area (Å²) < 4.78 is 4.12. The molecule has 1 aromatic heterocycles. The summed E-state index contributed by atoms with van der Waals surface area (Å²) in [6.45, 7) is 2.78. The van der Waals surface area contributed by atoms with Gasteiger partial charge in [0.15, 0.2) is 23.4 Å². The Kier molecular flexibility index (Phi) is 5.70. The molecule has 4 aromatic rings. The van der Waals surface area contributed by atoms with Crippen LogP contribution in [0.4, 0.5) is 5.69 Å². The van der Waals surface area contributed by atoms with Crippen LogP contribution in [0.1, 0.15) is 29.3 Å². The second-order valence-corrected chi connectivity index (χ2v) is 7.25. The summed E-state index contributed by atoms with van der Waals surface area (Å²) in [6, 6.07) is 25.4.